The van der Waals surface area contributed by atoms with Crippen LogP contribution in [0.2, 0.25) is 0 Å². The van der Waals surface area contributed by atoms with Gasteiger partial charge in [-0.3, -0.25) is 0 Å². The fourth-order valence-electron chi connectivity index (χ4n) is 1.26. The molecule has 16 heavy (non-hydrogen) atoms. The highest BCUT2D eigenvalue weighted by Gasteiger charge is 2.09. The van der Waals surface area contributed by atoms with Gasteiger partial charge >= 0.3 is 0 Å². The van der Waals surface area contributed by atoms with Crippen molar-refractivity contribution >= 4 is 0 Å². The van der Waals surface area contributed by atoms with Crippen molar-refractivity contribution in [1.29, 1.82) is 5.26 Å². The molecule has 0 spiro atoms. The van der Waals surface area contributed by atoms with Gasteiger partial charge in [0.1, 0.15) is 6.07 Å². The number of nitrogens with zero attached hydrogens (tertiary/aromatic N) is 1. The molecule has 4 nitrogen and oxygen atoms in total. The second-order valence-electron chi connectivity index (χ2n) is 3.31. The Balaban J connectivity index is 2.94. The second kappa shape index (κ2) is 5.99. The smallest absolute Gasteiger partial charge is 0.181 e. The van der Waals surface area contributed by atoms with Crippen molar-refractivity contribution in [3.8, 4) is 17.6 Å². The molecule has 4 heteroatoms. The fourth-order valence-corrected chi connectivity index (χ4v) is 1.26. The molecular formula is C12H16N2O2. The summed E-state index contributed by atoms with van der Waals surface area (Å²) in [6.07, 6.45) is -0.497. The predicted molar refractivity (Wildman–Crippen MR) is 61.2 cm³/mol. The van der Waals surface area contributed by atoms with Crippen molar-refractivity contribution in [1.82, 2.24) is 0 Å². The van der Waals surface area contributed by atoms with Crippen molar-refractivity contribution in [2.75, 3.05) is 6.61 Å². The summed E-state index contributed by atoms with van der Waals surface area (Å²) in [7, 11) is 0. The minimum atomic E-state index is -0.497. The van der Waals surface area contributed by atoms with Crippen LogP contribution in [0.4, 0.5) is 0 Å². The lowest BCUT2D eigenvalue weighted by Gasteiger charge is -2.13. The largest absolute Gasteiger partial charge is 0.490 e. The van der Waals surface area contributed by atoms with E-state index < -0.39 is 6.10 Å². The minimum absolute atomic E-state index is 0.453. The molecule has 0 fully saturated rings. The second-order valence-corrected chi connectivity index (χ2v) is 3.31. The molecule has 0 aromatic heterocycles. The average molecular weight is 220 g/mol. The fraction of sp³-hybridized carbons (Fsp3) is 0.417. The van der Waals surface area contributed by atoms with E-state index in [-0.39, 0.29) is 0 Å². The van der Waals surface area contributed by atoms with Gasteiger partial charge in [-0.1, -0.05) is 6.07 Å². The van der Waals surface area contributed by atoms with Crippen LogP contribution in [0, 0.1) is 11.3 Å². The molecule has 0 aliphatic carbocycles. The zero-order valence-electron chi connectivity index (χ0n) is 9.56. The van der Waals surface area contributed by atoms with Gasteiger partial charge in [-0.25, -0.2) is 0 Å². The standard InChI is InChI=1S/C12H16N2O2/c1-3-15-12-6-10(8-14)4-5-11(12)16-9(2)7-13/h4-6,9H,3,8,14H2,1-2H3. The van der Waals surface area contributed by atoms with Gasteiger partial charge in [0.2, 0.25) is 0 Å². The van der Waals surface area contributed by atoms with E-state index in [2.05, 4.69) is 0 Å². The van der Waals surface area contributed by atoms with Gasteiger partial charge < -0.3 is 15.2 Å². The Labute approximate surface area is 95.6 Å². The van der Waals surface area contributed by atoms with E-state index in [4.69, 9.17) is 20.5 Å². The van der Waals surface area contributed by atoms with Crippen LogP contribution < -0.4 is 15.2 Å². The number of nitrogens with two attached hydrogens (primary N) is 1. The van der Waals surface area contributed by atoms with Gasteiger partial charge in [-0.15, -0.1) is 0 Å². The lowest BCUT2D eigenvalue weighted by atomic mass is 10.2. The van der Waals surface area contributed by atoms with Crippen LogP contribution in [-0.4, -0.2) is 12.7 Å². The Morgan fingerprint density at radius 3 is 2.75 bits per heavy atom. The summed E-state index contributed by atoms with van der Waals surface area (Å²) in [6, 6.07) is 7.49. The van der Waals surface area contributed by atoms with Crippen LogP contribution in [0.5, 0.6) is 11.5 Å². The van der Waals surface area contributed by atoms with Crippen molar-refractivity contribution < 1.29 is 9.47 Å². The van der Waals surface area contributed by atoms with Crippen LogP contribution in [0.15, 0.2) is 18.2 Å². The Bertz CT molecular complexity index is 385. The third-order valence-electron chi connectivity index (χ3n) is 2.03. The molecule has 0 aliphatic rings. The van der Waals surface area contributed by atoms with Crippen LogP contribution in [0.25, 0.3) is 0 Å². The molecule has 0 amide bonds. The van der Waals surface area contributed by atoms with E-state index in [1.54, 1.807) is 13.0 Å². The first kappa shape index (κ1) is 12.3. The minimum Gasteiger partial charge on any atom is -0.490 e. The molecular weight excluding hydrogens is 204 g/mol. The topological polar surface area (TPSA) is 68.3 Å². The van der Waals surface area contributed by atoms with Crippen LogP contribution in [0.1, 0.15) is 19.4 Å². The number of rotatable bonds is 5. The maximum absolute atomic E-state index is 8.68. The highest BCUT2D eigenvalue weighted by molar-refractivity contribution is 5.43. The molecule has 1 unspecified atom stereocenters. The van der Waals surface area contributed by atoms with Crippen LogP contribution in [-0.2, 0) is 6.54 Å². The first-order chi connectivity index (χ1) is 7.71. The van der Waals surface area contributed by atoms with Crippen molar-refractivity contribution in [3.05, 3.63) is 23.8 Å². The molecule has 0 saturated heterocycles. The molecule has 1 rings (SSSR count). The van der Waals surface area contributed by atoms with Gasteiger partial charge in [-0.05, 0) is 31.5 Å². The summed E-state index contributed by atoms with van der Waals surface area (Å²) < 4.78 is 10.9. The summed E-state index contributed by atoms with van der Waals surface area (Å²) in [6.45, 7) is 4.58. The third-order valence-corrected chi connectivity index (χ3v) is 2.03. The number of ether oxygens (including phenoxy) is 2. The number of nitriles is 1. The summed E-state index contributed by atoms with van der Waals surface area (Å²) in [5.41, 5.74) is 6.52. The lowest BCUT2D eigenvalue weighted by Crippen LogP contribution is -2.10. The molecule has 1 aromatic carbocycles. The molecule has 0 aliphatic heterocycles. The SMILES string of the molecule is CCOc1cc(CN)ccc1OC(C)C#N. The molecule has 0 saturated carbocycles. The van der Waals surface area contributed by atoms with E-state index >= 15 is 0 Å². The van der Waals surface area contributed by atoms with E-state index in [0.717, 1.165) is 5.56 Å². The Morgan fingerprint density at radius 1 is 1.44 bits per heavy atom. The molecule has 0 bridgehead atoms. The zero-order chi connectivity index (χ0) is 12.0. The highest BCUT2D eigenvalue weighted by Crippen LogP contribution is 2.29. The normalized spacial score (nSPS) is 11.6. The number of hydrogen-bond donors (Lipinski definition) is 1. The lowest BCUT2D eigenvalue weighted by molar-refractivity contribution is 0.250. The van der Waals surface area contributed by atoms with E-state index in [1.165, 1.54) is 0 Å². The van der Waals surface area contributed by atoms with E-state index in [9.17, 15) is 0 Å². The summed E-state index contributed by atoms with van der Waals surface area (Å²) in [4.78, 5) is 0. The first-order valence-electron chi connectivity index (χ1n) is 5.23. The van der Waals surface area contributed by atoms with Gasteiger partial charge in [0.05, 0.1) is 6.61 Å². The zero-order valence-corrected chi connectivity index (χ0v) is 9.56. The molecule has 1 atom stereocenters. The molecule has 0 radical (unpaired) electrons. The van der Waals surface area contributed by atoms with E-state index in [0.29, 0.717) is 24.7 Å². The molecule has 1 aromatic rings. The Hall–Kier alpha value is -1.73. The quantitative estimate of drug-likeness (QED) is 0.822. The van der Waals surface area contributed by atoms with Crippen molar-refractivity contribution in [2.45, 2.75) is 26.5 Å². The monoisotopic (exact) mass is 220 g/mol. The van der Waals surface area contributed by atoms with Crippen molar-refractivity contribution in [2.24, 2.45) is 5.73 Å². The number of hydrogen-bond acceptors (Lipinski definition) is 4. The first-order valence-corrected chi connectivity index (χ1v) is 5.23. The van der Waals surface area contributed by atoms with Crippen LogP contribution in [0.3, 0.4) is 0 Å². The highest BCUT2D eigenvalue weighted by atomic mass is 16.5. The third kappa shape index (κ3) is 3.14. The molecule has 0 heterocycles. The Kier molecular flexibility index (Phi) is 4.62. The summed E-state index contributed by atoms with van der Waals surface area (Å²) in [5, 5.41) is 8.68. The Morgan fingerprint density at radius 2 is 2.19 bits per heavy atom. The van der Waals surface area contributed by atoms with Gasteiger partial charge in [-0.2, -0.15) is 5.26 Å². The van der Waals surface area contributed by atoms with E-state index in [1.807, 2.05) is 25.1 Å². The number of benzene rings is 1. The predicted octanol–water partition coefficient (Wildman–Crippen LogP) is 1.83. The molecule has 86 valence electrons. The van der Waals surface area contributed by atoms with Crippen molar-refractivity contribution in [3.63, 3.8) is 0 Å². The maximum Gasteiger partial charge on any atom is 0.181 e. The maximum atomic E-state index is 8.68. The van der Waals surface area contributed by atoms with Crippen LogP contribution >= 0.6 is 0 Å². The van der Waals surface area contributed by atoms with Gasteiger partial charge in [0.15, 0.2) is 17.6 Å². The summed E-state index contributed by atoms with van der Waals surface area (Å²) in [5.74, 6) is 1.21. The average Bonchev–Trinajstić information content (AvgIpc) is 2.31. The van der Waals surface area contributed by atoms with Gasteiger partial charge in [0, 0.05) is 6.54 Å². The summed E-state index contributed by atoms with van der Waals surface area (Å²) >= 11 is 0. The van der Waals surface area contributed by atoms with Gasteiger partial charge in [0.25, 0.3) is 0 Å². The molecule has 2 N–H and O–H groups in total.